The van der Waals surface area contributed by atoms with Crippen molar-refractivity contribution in [3.05, 3.63) is 51.4 Å². The van der Waals surface area contributed by atoms with E-state index in [2.05, 4.69) is 20.8 Å². The molecule has 2 aliphatic carbocycles. The summed E-state index contributed by atoms with van der Waals surface area (Å²) in [6.07, 6.45) is 1.99. The molecule has 2 aliphatic rings. The van der Waals surface area contributed by atoms with Gasteiger partial charge in [-0.3, -0.25) is 9.48 Å². The van der Waals surface area contributed by atoms with Crippen molar-refractivity contribution in [3.63, 3.8) is 0 Å². The minimum absolute atomic E-state index is 0.00809. The Labute approximate surface area is 133 Å². The van der Waals surface area contributed by atoms with Crippen LogP contribution in [0.15, 0.2) is 23.0 Å². The summed E-state index contributed by atoms with van der Waals surface area (Å²) in [5.41, 5.74) is 1.42. The Morgan fingerprint density at radius 3 is 2.57 bits per heavy atom. The van der Waals surface area contributed by atoms with Crippen molar-refractivity contribution in [2.75, 3.05) is 0 Å². The normalized spacial score (nSPS) is 27.5. The molecule has 2 bridgehead atoms. The standard InChI is InChI=1S/C18H20F2N2O/c1-17(2)10-8-9-18(17,3)15-13(10)16(23)22(21(15)4)12-7-5-6-11(19)14(12)20/h5-7,10H,8-9H2,1-4H3. The lowest BCUT2D eigenvalue weighted by Gasteiger charge is -2.36. The molecule has 0 aliphatic heterocycles. The predicted molar refractivity (Wildman–Crippen MR) is 84.0 cm³/mol. The van der Waals surface area contributed by atoms with E-state index in [0.29, 0.717) is 0 Å². The summed E-state index contributed by atoms with van der Waals surface area (Å²) in [5.74, 6) is -1.74. The molecule has 122 valence electrons. The van der Waals surface area contributed by atoms with Crippen LogP contribution in [0, 0.1) is 17.0 Å². The van der Waals surface area contributed by atoms with E-state index < -0.39 is 11.6 Å². The van der Waals surface area contributed by atoms with E-state index in [1.807, 2.05) is 0 Å². The zero-order valence-electron chi connectivity index (χ0n) is 13.8. The van der Waals surface area contributed by atoms with Gasteiger partial charge in [-0.25, -0.2) is 13.5 Å². The first-order valence-electron chi connectivity index (χ1n) is 7.98. The molecule has 1 heterocycles. The zero-order valence-corrected chi connectivity index (χ0v) is 13.8. The number of hydrogen-bond acceptors (Lipinski definition) is 1. The smallest absolute Gasteiger partial charge is 0.275 e. The molecule has 23 heavy (non-hydrogen) atoms. The van der Waals surface area contributed by atoms with E-state index in [4.69, 9.17) is 0 Å². The van der Waals surface area contributed by atoms with Crippen molar-refractivity contribution in [2.45, 2.75) is 44.9 Å². The summed E-state index contributed by atoms with van der Waals surface area (Å²) in [6, 6.07) is 3.94. The van der Waals surface area contributed by atoms with Gasteiger partial charge < -0.3 is 0 Å². The number of benzene rings is 1. The molecular weight excluding hydrogens is 298 g/mol. The molecule has 1 aromatic heterocycles. The maximum atomic E-state index is 14.2. The van der Waals surface area contributed by atoms with Gasteiger partial charge in [0.1, 0.15) is 5.69 Å². The lowest BCUT2D eigenvalue weighted by molar-refractivity contribution is 0.217. The third-order valence-corrected chi connectivity index (χ3v) is 6.56. The lowest BCUT2D eigenvalue weighted by Crippen LogP contribution is -2.35. The molecule has 2 atom stereocenters. The fraction of sp³-hybridized carbons (Fsp3) is 0.500. The molecule has 2 aromatic rings. The van der Waals surface area contributed by atoms with Gasteiger partial charge in [0, 0.05) is 18.0 Å². The molecular formula is C18H20F2N2O. The van der Waals surface area contributed by atoms with Gasteiger partial charge in [0.15, 0.2) is 11.6 Å². The van der Waals surface area contributed by atoms with E-state index in [9.17, 15) is 13.6 Å². The molecule has 0 saturated heterocycles. The van der Waals surface area contributed by atoms with Crippen LogP contribution in [0.3, 0.4) is 0 Å². The highest BCUT2D eigenvalue weighted by Crippen LogP contribution is 2.66. The molecule has 2 unspecified atom stereocenters. The highest BCUT2D eigenvalue weighted by atomic mass is 19.2. The van der Waals surface area contributed by atoms with Crippen molar-refractivity contribution < 1.29 is 8.78 Å². The first-order chi connectivity index (χ1) is 10.7. The van der Waals surface area contributed by atoms with Gasteiger partial charge in [0.25, 0.3) is 5.56 Å². The van der Waals surface area contributed by atoms with Gasteiger partial charge in [-0.15, -0.1) is 0 Å². The second-order valence-electron chi connectivity index (χ2n) is 7.62. The van der Waals surface area contributed by atoms with Gasteiger partial charge in [-0.05, 0) is 36.3 Å². The van der Waals surface area contributed by atoms with Crippen LogP contribution in [0.2, 0.25) is 0 Å². The summed E-state index contributed by atoms with van der Waals surface area (Å²) in [6.45, 7) is 6.60. The minimum atomic E-state index is -0.981. The molecule has 0 amide bonds. The topological polar surface area (TPSA) is 26.9 Å². The maximum absolute atomic E-state index is 14.2. The van der Waals surface area contributed by atoms with E-state index in [-0.39, 0.29) is 28.0 Å². The van der Waals surface area contributed by atoms with Crippen molar-refractivity contribution in [2.24, 2.45) is 12.5 Å². The van der Waals surface area contributed by atoms with Gasteiger partial charge >= 0.3 is 0 Å². The second kappa shape index (κ2) is 4.13. The van der Waals surface area contributed by atoms with Crippen LogP contribution in [0.1, 0.15) is 50.8 Å². The van der Waals surface area contributed by atoms with Crippen LogP contribution in [-0.2, 0) is 12.5 Å². The van der Waals surface area contributed by atoms with Crippen LogP contribution in [-0.4, -0.2) is 9.36 Å². The Balaban J connectivity index is 2.05. The first kappa shape index (κ1) is 14.7. The van der Waals surface area contributed by atoms with Gasteiger partial charge in [0.05, 0.1) is 5.69 Å². The molecule has 4 rings (SSSR count). The molecule has 1 aromatic carbocycles. The molecule has 3 nitrogen and oxygen atoms in total. The number of fused-ring (bicyclic) bond motifs is 5. The van der Waals surface area contributed by atoms with Crippen LogP contribution < -0.4 is 5.56 Å². The molecule has 0 radical (unpaired) electrons. The third-order valence-electron chi connectivity index (χ3n) is 6.56. The van der Waals surface area contributed by atoms with E-state index in [0.717, 1.165) is 30.2 Å². The number of aromatic nitrogens is 2. The minimum Gasteiger partial charge on any atom is -0.284 e. The number of rotatable bonds is 1. The summed E-state index contributed by atoms with van der Waals surface area (Å²) >= 11 is 0. The Morgan fingerprint density at radius 1 is 1.22 bits per heavy atom. The average molecular weight is 318 g/mol. The van der Waals surface area contributed by atoms with Gasteiger partial charge in [-0.2, -0.15) is 0 Å². The van der Waals surface area contributed by atoms with Crippen molar-refractivity contribution in [1.82, 2.24) is 9.36 Å². The van der Waals surface area contributed by atoms with E-state index in [1.54, 1.807) is 11.7 Å². The number of halogens is 2. The quantitative estimate of drug-likeness (QED) is 0.789. The Bertz CT molecular complexity index is 893. The Morgan fingerprint density at radius 2 is 1.91 bits per heavy atom. The molecule has 1 saturated carbocycles. The van der Waals surface area contributed by atoms with Gasteiger partial charge in [-0.1, -0.05) is 26.8 Å². The van der Waals surface area contributed by atoms with Crippen LogP contribution in [0.4, 0.5) is 8.78 Å². The molecule has 1 fully saturated rings. The second-order valence-corrected chi connectivity index (χ2v) is 7.62. The van der Waals surface area contributed by atoms with Crippen LogP contribution in [0.25, 0.3) is 5.69 Å². The monoisotopic (exact) mass is 318 g/mol. The molecule has 0 spiro atoms. The molecule has 0 N–H and O–H groups in total. The zero-order chi connectivity index (χ0) is 16.7. The molecule has 5 heteroatoms. The number of hydrogen-bond donors (Lipinski definition) is 0. The Kier molecular flexibility index (Phi) is 2.64. The summed E-state index contributed by atoms with van der Waals surface area (Å²) in [4.78, 5) is 13.0. The van der Waals surface area contributed by atoms with Crippen molar-refractivity contribution >= 4 is 0 Å². The highest BCUT2D eigenvalue weighted by Gasteiger charge is 2.62. The van der Waals surface area contributed by atoms with E-state index in [1.165, 1.54) is 16.8 Å². The lowest BCUT2D eigenvalue weighted by atomic mass is 9.70. The maximum Gasteiger partial charge on any atom is 0.275 e. The van der Waals surface area contributed by atoms with Crippen LogP contribution in [0.5, 0.6) is 0 Å². The summed E-state index contributed by atoms with van der Waals surface area (Å²) in [5, 5.41) is 0. The fourth-order valence-electron chi connectivity index (χ4n) is 4.95. The predicted octanol–water partition coefficient (Wildman–Crippen LogP) is 3.63. The van der Waals surface area contributed by atoms with Crippen LogP contribution >= 0.6 is 0 Å². The fourth-order valence-corrected chi connectivity index (χ4v) is 4.95. The van der Waals surface area contributed by atoms with E-state index >= 15 is 0 Å². The highest BCUT2D eigenvalue weighted by molar-refractivity contribution is 5.47. The summed E-state index contributed by atoms with van der Waals surface area (Å²) < 4.78 is 30.8. The van der Waals surface area contributed by atoms with Crippen molar-refractivity contribution in [3.8, 4) is 5.69 Å². The van der Waals surface area contributed by atoms with Crippen molar-refractivity contribution in [1.29, 1.82) is 0 Å². The average Bonchev–Trinajstić information content (AvgIpc) is 2.94. The Hall–Kier alpha value is -1.91. The van der Waals surface area contributed by atoms with Gasteiger partial charge in [0.2, 0.25) is 0 Å². The largest absolute Gasteiger partial charge is 0.284 e. The number of nitrogens with zero attached hydrogens (tertiary/aromatic N) is 2. The first-order valence-corrected chi connectivity index (χ1v) is 7.98. The third kappa shape index (κ3) is 1.46. The summed E-state index contributed by atoms with van der Waals surface area (Å²) in [7, 11) is 1.77. The SMILES string of the molecule is Cn1c2c(c(=O)n1-c1cccc(F)c1F)C1CCC2(C)C1(C)C.